The molecule has 1 aromatic carbocycles. The Kier molecular flexibility index (Phi) is 11.0. The number of nitrogens with one attached hydrogen (secondary N) is 1. The Bertz CT molecular complexity index is 1500. The number of ether oxygens (including phenoxy) is 2. The number of fused-ring (bicyclic) bond motifs is 1. The minimum atomic E-state index is -5.08. The van der Waals surface area contributed by atoms with Gasteiger partial charge in [0, 0.05) is 18.6 Å². The van der Waals surface area contributed by atoms with Gasteiger partial charge in [0.1, 0.15) is 29.4 Å². The number of nitrogens with zero attached hydrogens (tertiary/aromatic N) is 5. The zero-order valence-electron chi connectivity index (χ0n) is 23.0. The molecule has 0 bridgehead atoms. The lowest BCUT2D eigenvalue weighted by Gasteiger charge is -2.56. The van der Waals surface area contributed by atoms with Gasteiger partial charge in [-0.1, -0.05) is 23.9 Å². The van der Waals surface area contributed by atoms with Crippen LogP contribution in [0.25, 0.3) is 0 Å². The molecule has 1 unspecified atom stereocenters. The van der Waals surface area contributed by atoms with Gasteiger partial charge in [0.2, 0.25) is 11.1 Å². The number of aromatic nitrogens is 4. The normalized spacial score (nSPS) is 19.8. The van der Waals surface area contributed by atoms with Gasteiger partial charge in [-0.3, -0.25) is 19.3 Å². The highest BCUT2D eigenvalue weighted by molar-refractivity contribution is 8.01. The standard InChI is InChI=1S/C21H23N7O8S2.C2HF3O2/c1-35-13(30)7-27-20(24-25-26-27)38-9-11-8-37-19-21(36-2,18(34)28(19)15(11)17(32)33)23-16(31)14(22)10-3-5-12(29)6-4-10;3-2(4,5)1(6)7/h3-6,14,19,29H,7-9,22H2,1-2H3,(H,23,31)(H,32,33);(H,6,7)/t14?,19-,21-;/m0./s1. The Labute approximate surface area is 258 Å². The van der Waals surface area contributed by atoms with Crippen molar-refractivity contribution in [1.82, 2.24) is 30.4 Å². The van der Waals surface area contributed by atoms with Crippen LogP contribution in [0.1, 0.15) is 11.6 Å². The number of tetrazole rings is 1. The van der Waals surface area contributed by atoms with Gasteiger partial charge in [0.15, 0.2) is 0 Å². The van der Waals surface area contributed by atoms with E-state index in [9.17, 15) is 42.6 Å². The second-order valence-electron chi connectivity index (χ2n) is 8.88. The van der Waals surface area contributed by atoms with Crippen molar-refractivity contribution in [3.8, 4) is 5.75 Å². The van der Waals surface area contributed by atoms with Crippen LogP contribution in [0.2, 0.25) is 0 Å². The van der Waals surface area contributed by atoms with E-state index >= 15 is 0 Å². The molecule has 1 aromatic heterocycles. The summed E-state index contributed by atoms with van der Waals surface area (Å²) >= 11 is 2.30. The molecular weight excluding hydrogens is 655 g/mol. The molecule has 2 aliphatic rings. The first-order chi connectivity index (χ1) is 21.1. The zero-order valence-corrected chi connectivity index (χ0v) is 24.7. The van der Waals surface area contributed by atoms with Crippen molar-refractivity contribution in [2.24, 2.45) is 5.73 Å². The summed E-state index contributed by atoms with van der Waals surface area (Å²) in [5, 5.41) is 39.6. The molecule has 0 saturated carbocycles. The third-order valence-corrected chi connectivity index (χ3v) is 8.52. The van der Waals surface area contributed by atoms with Crippen molar-refractivity contribution in [2.75, 3.05) is 25.7 Å². The minimum absolute atomic E-state index is 0.0000535. The van der Waals surface area contributed by atoms with Crippen molar-refractivity contribution >= 4 is 53.2 Å². The summed E-state index contributed by atoms with van der Waals surface area (Å²) in [6.45, 7) is -0.222. The molecule has 1 fully saturated rings. The van der Waals surface area contributed by atoms with E-state index < -0.39 is 53.0 Å². The molecule has 45 heavy (non-hydrogen) atoms. The van der Waals surface area contributed by atoms with Gasteiger partial charge in [-0.05, 0) is 33.7 Å². The van der Waals surface area contributed by atoms with Gasteiger partial charge in [-0.2, -0.15) is 13.2 Å². The quantitative estimate of drug-likeness (QED) is 0.0935. The Morgan fingerprint density at radius 1 is 1.22 bits per heavy atom. The molecule has 2 aromatic rings. The van der Waals surface area contributed by atoms with Crippen LogP contribution < -0.4 is 11.1 Å². The number of phenolic OH excluding ortho intramolecular Hbond substituents is 1. The number of aliphatic carboxylic acids is 2. The third-order valence-electron chi connectivity index (χ3n) is 6.10. The van der Waals surface area contributed by atoms with E-state index in [1.807, 2.05) is 0 Å². The number of methoxy groups -OCH3 is 2. The molecule has 2 amide bonds. The Hall–Kier alpha value is -4.41. The van der Waals surface area contributed by atoms with Gasteiger partial charge in [0.25, 0.3) is 11.6 Å². The fraction of sp³-hybridized carbons (Fsp3) is 0.391. The van der Waals surface area contributed by atoms with Gasteiger partial charge < -0.3 is 35.8 Å². The number of hydrogen-bond donors (Lipinski definition) is 5. The lowest BCUT2D eigenvalue weighted by atomic mass is 9.97. The number of hydrogen-bond acceptors (Lipinski definition) is 14. The van der Waals surface area contributed by atoms with E-state index in [4.69, 9.17) is 20.4 Å². The van der Waals surface area contributed by atoms with Crippen LogP contribution in [0.4, 0.5) is 13.2 Å². The molecule has 2 aliphatic heterocycles. The predicted octanol–water partition coefficient (Wildman–Crippen LogP) is -0.310. The number of benzene rings is 1. The molecule has 3 atom stereocenters. The molecular formula is C23H24F3N7O10S2. The number of carbonyl (C=O) groups excluding carboxylic acids is 3. The second kappa shape index (κ2) is 14.1. The molecule has 4 rings (SSSR count). The molecule has 0 aliphatic carbocycles. The van der Waals surface area contributed by atoms with Crippen LogP contribution >= 0.6 is 23.5 Å². The van der Waals surface area contributed by atoms with Gasteiger partial charge >= 0.3 is 24.1 Å². The smallest absolute Gasteiger partial charge is 0.490 e. The third kappa shape index (κ3) is 7.64. The van der Waals surface area contributed by atoms with Crippen molar-refractivity contribution in [1.29, 1.82) is 0 Å². The van der Waals surface area contributed by atoms with Crippen LogP contribution in [0.3, 0.4) is 0 Å². The lowest BCUT2D eigenvalue weighted by Crippen LogP contribution is -2.81. The summed E-state index contributed by atoms with van der Waals surface area (Å²) < 4.78 is 43.0. The Balaban J connectivity index is 0.000000707. The van der Waals surface area contributed by atoms with E-state index in [0.717, 1.165) is 16.7 Å². The highest BCUT2D eigenvalue weighted by atomic mass is 32.2. The van der Waals surface area contributed by atoms with Crippen LogP contribution in [0, 0.1) is 0 Å². The number of aromatic hydroxyl groups is 1. The van der Waals surface area contributed by atoms with Gasteiger partial charge in [0.05, 0.1) is 7.11 Å². The summed E-state index contributed by atoms with van der Waals surface area (Å²) in [4.78, 5) is 59.9. The zero-order chi connectivity index (χ0) is 33.7. The van der Waals surface area contributed by atoms with Crippen LogP contribution in [0.5, 0.6) is 5.75 Å². The van der Waals surface area contributed by atoms with Crippen molar-refractivity contribution in [3.63, 3.8) is 0 Å². The fourth-order valence-electron chi connectivity index (χ4n) is 3.89. The number of amides is 2. The first kappa shape index (κ1) is 35.1. The largest absolute Gasteiger partial charge is 0.508 e. The van der Waals surface area contributed by atoms with Crippen molar-refractivity contribution in [2.45, 2.75) is 35.0 Å². The monoisotopic (exact) mass is 679 g/mol. The number of carboxylic acid groups (broad SMARTS) is 2. The van der Waals surface area contributed by atoms with E-state index in [1.165, 1.54) is 54.9 Å². The number of nitrogens with two attached hydrogens (primary N) is 1. The predicted molar refractivity (Wildman–Crippen MR) is 145 cm³/mol. The number of phenols is 1. The number of esters is 1. The van der Waals surface area contributed by atoms with E-state index in [2.05, 4.69) is 25.6 Å². The summed E-state index contributed by atoms with van der Waals surface area (Å²) in [5.41, 5.74) is 4.80. The molecule has 0 spiro atoms. The Morgan fingerprint density at radius 2 is 1.84 bits per heavy atom. The highest BCUT2D eigenvalue weighted by Crippen LogP contribution is 2.47. The first-order valence-electron chi connectivity index (χ1n) is 12.2. The van der Waals surface area contributed by atoms with Crippen LogP contribution in [-0.2, 0) is 40.0 Å². The highest BCUT2D eigenvalue weighted by Gasteiger charge is 2.66. The maximum absolute atomic E-state index is 13.3. The topological polar surface area (TPSA) is 249 Å². The van der Waals surface area contributed by atoms with Crippen molar-refractivity contribution in [3.05, 3.63) is 41.1 Å². The van der Waals surface area contributed by atoms with Crippen LogP contribution in [-0.4, -0.2) is 113 Å². The Morgan fingerprint density at radius 3 is 2.38 bits per heavy atom. The molecule has 1 saturated heterocycles. The lowest BCUT2D eigenvalue weighted by molar-refractivity contribution is -0.192. The maximum atomic E-state index is 13.3. The molecule has 0 radical (unpaired) electrons. The maximum Gasteiger partial charge on any atom is 0.490 e. The number of β-lactam (4-membered cyclic amide) rings is 1. The number of thioether (sulfide) groups is 2. The number of alkyl halides is 3. The summed E-state index contributed by atoms with van der Waals surface area (Å²) in [6.07, 6.45) is -5.08. The average Bonchev–Trinajstić information content (AvgIpc) is 3.44. The molecule has 6 N–H and O–H groups in total. The van der Waals surface area contributed by atoms with Crippen molar-refractivity contribution < 1.29 is 61.9 Å². The van der Waals surface area contributed by atoms with Crippen LogP contribution in [0.15, 0.2) is 40.7 Å². The SMILES string of the molecule is COC(=O)Cn1nnnc1SCC1=C(C(=O)O)N2C(=O)[C@](NC(=O)C(N)c3ccc(O)cc3)(OC)[C@@H]2SC1.O=C(O)C(F)(F)F. The molecule has 3 heterocycles. The fourth-order valence-corrected chi connectivity index (χ4v) is 6.34. The number of carbonyl (C=O) groups is 5. The minimum Gasteiger partial charge on any atom is -0.508 e. The average molecular weight is 680 g/mol. The van der Waals surface area contributed by atoms with E-state index in [-0.39, 0.29) is 34.7 Å². The molecule has 17 nitrogen and oxygen atoms in total. The molecule has 244 valence electrons. The first-order valence-corrected chi connectivity index (χ1v) is 14.2. The number of rotatable bonds is 10. The number of carboxylic acids is 2. The van der Waals surface area contributed by atoms with Gasteiger partial charge in [-0.25, -0.2) is 14.3 Å². The van der Waals surface area contributed by atoms with Gasteiger partial charge in [-0.15, -0.1) is 16.9 Å². The summed E-state index contributed by atoms with van der Waals surface area (Å²) in [7, 11) is 2.46. The second-order valence-corrected chi connectivity index (χ2v) is 10.9. The van der Waals surface area contributed by atoms with E-state index in [0.29, 0.717) is 11.1 Å². The van der Waals surface area contributed by atoms with E-state index in [1.54, 1.807) is 0 Å². The summed E-state index contributed by atoms with van der Waals surface area (Å²) in [6, 6.07) is 4.52. The number of halogens is 3. The molecule has 22 heteroatoms. The summed E-state index contributed by atoms with van der Waals surface area (Å²) in [5.74, 6) is -5.81.